The maximum Gasteiger partial charge on any atom is 0.263 e. The van der Waals surface area contributed by atoms with Crippen molar-refractivity contribution in [1.29, 1.82) is 0 Å². The molecule has 0 saturated heterocycles. The number of carbonyl (C=O) groups excluding carboxylic acids is 1. The number of hydrogen-bond donors (Lipinski definition) is 0. The van der Waals surface area contributed by atoms with Gasteiger partial charge < -0.3 is 9.64 Å². The summed E-state index contributed by atoms with van der Waals surface area (Å²) in [6.07, 6.45) is 0. The Morgan fingerprint density at radius 3 is 2.54 bits per heavy atom. The van der Waals surface area contributed by atoms with Crippen LogP contribution in [0.2, 0.25) is 0 Å². The number of carbonyl (C=O) groups is 1. The summed E-state index contributed by atoms with van der Waals surface area (Å²) in [5.74, 6) is -1.48. The van der Waals surface area contributed by atoms with Crippen molar-refractivity contribution in [2.75, 3.05) is 39.2 Å². The van der Waals surface area contributed by atoms with Gasteiger partial charge in [0, 0.05) is 19.2 Å². The van der Waals surface area contributed by atoms with Gasteiger partial charge in [-0.2, -0.15) is 0 Å². The molecule has 0 spiro atoms. The second-order valence-corrected chi connectivity index (χ2v) is 7.22. The minimum absolute atomic E-state index is 0. The lowest BCUT2D eigenvalue weighted by molar-refractivity contribution is 0.0981. The average molecular weight is 428 g/mol. The van der Waals surface area contributed by atoms with E-state index < -0.39 is 17.5 Å². The van der Waals surface area contributed by atoms with Gasteiger partial charge in [0.25, 0.3) is 5.91 Å². The fourth-order valence-electron chi connectivity index (χ4n) is 2.53. The van der Waals surface area contributed by atoms with Crippen molar-refractivity contribution in [2.45, 2.75) is 0 Å². The third-order valence-corrected chi connectivity index (χ3v) is 5.03. The molecule has 0 fully saturated rings. The highest BCUT2D eigenvalue weighted by molar-refractivity contribution is 7.22. The van der Waals surface area contributed by atoms with Gasteiger partial charge in [0.1, 0.15) is 17.4 Å². The minimum Gasteiger partial charge on any atom is -0.497 e. The van der Waals surface area contributed by atoms with E-state index in [1.54, 1.807) is 19.2 Å². The number of halogens is 3. The molecular weight excluding hydrogens is 408 g/mol. The van der Waals surface area contributed by atoms with Crippen molar-refractivity contribution in [3.63, 3.8) is 0 Å². The van der Waals surface area contributed by atoms with Crippen LogP contribution in [0, 0.1) is 11.6 Å². The molecule has 0 aliphatic heterocycles. The minimum atomic E-state index is -0.891. The van der Waals surface area contributed by atoms with Gasteiger partial charge in [0.15, 0.2) is 5.13 Å². The average Bonchev–Trinajstić information content (AvgIpc) is 3.04. The Labute approximate surface area is 171 Å². The van der Waals surface area contributed by atoms with Crippen LogP contribution < -0.4 is 9.64 Å². The molecule has 0 aliphatic rings. The molecule has 0 atom stereocenters. The van der Waals surface area contributed by atoms with Gasteiger partial charge >= 0.3 is 0 Å². The molecule has 0 bridgehead atoms. The van der Waals surface area contributed by atoms with Crippen LogP contribution in [0.15, 0.2) is 36.4 Å². The number of hydrogen-bond acceptors (Lipinski definition) is 5. The first-order valence-corrected chi connectivity index (χ1v) is 9.07. The highest BCUT2D eigenvalue weighted by Crippen LogP contribution is 2.32. The molecule has 2 aromatic carbocycles. The smallest absolute Gasteiger partial charge is 0.263 e. The van der Waals surface area contributed by atoms with Gasteiger partial charge in [0.2, 0.25) is 0 Å². The standard InChI is InChI=1S/C19H19F2N3O2S.ClH/c1-23(2)8-9-24(18(25)14-6-4-12(20)10-15(14)21)19-22-16-7-5-13(26-3)11-17(16)27-19;/h4-7,10-11H,8-9H2,1-3H3;1H. The van der Waals surface area contributed by atoms with Gasteiger partial charge in [-0.15, -0.1) is 12.4 Å². The largest absolute Gasteiger partial charge is 0.497 e. The number of aromatic nitrogens is 1. The lowest BCUT2D eigenvalue weighted by Crippen LogP contribution is -2.37. The van der Waals surface area contributed by atoms with Gasteiger partial charge in [-0.05, 0) is 44.4 Å². The van der Waals surface area contributed by atoms with Crippen molar-refractivity contribution < 1.29 is 18.3 Å². The lowest BCUT2D eigenvalue weighted by atomic mass is 10.2. The van der Waals surface area contributed by atoms with Crippen LogP contribution in [0.3, 0.4) is 0 Å². The van der Waals surface area contributed by atoms with Crippen molar-refractivity contribution >= 4 is 45.0 Å². The predicted octanol–water partition coefficient (Wildman–Crippen LogP) is 4.21. The number of likely N-dealkylation sites (N-methyl/N-ethyl adjacent to an activating group) is 1. The van der Waals surface area contributed by atoms with E-state index in [4.69, 9.17) is 4.74 Å². The molecule has 3 aromatic rings. The van der Waals surface area contributed by atoms with E-state index in [2.05, 4.69) is 4.98 Å². The number of rotatable bonds is 6. The summed E-state index contributed by atoms with van der Waals surface area (Å²) in [6, 6.07) is 8.37. The van der Waals surface area contributed by atoms with Gasteiger partial charge in [-0.1, -0.05) is 11.3 Å². The van der Waals surface area contributed by atoms with Crippen LogP contribution >= 0.6 is 23.7 Å². The molecular formula is C19H20ClF2N3O2S. The van der Waals surface area contributed by atoms with Gasteiger partial charge in [-0.25, -0.2) is 13.8 Å². The summed E-state index contributed by atoms with van der Waals surface area (Å²) >= 11 is 1.32. The van der Waals surface area contributed by atoms with Crippen LogP contribution in [0.5, 0.6) is 5.75 Å². The van der Waals surface area contributed by atoms with Crippen LogP contribution in [0.1, 0.15) is 10.4 Å². The summed E-state index contributed by atoms with van der Waals surface area (Å²) in [5.41, 5.74) is 0.532. The Morgan fingerprint density at radius 2 is 1.89 bits per heavy atom. The van der Waals surface area contributed by atoms with Gasteiger partial charge in [0.05, 0.1) is 22.9 Å². The number of ether oxygens (including phenoxy) is 1. The van der Waals surface area contributed by atoms with E-state index in [1.807, 2.05) is 25.1 Å². The normalized spacial score (nSPS) is 10.8. The van der Waals surface area contributed by atoms with Crippen LogP contribution in [0.25, 0.3) is 10.2 Å². The highest BCUT2D eigenvalue weighted by atomic mass is 35.5. The molecule has 0 unspecified atom stereocenters. The van der Waals surface area contributed by atoms with Crippen molar-refractivity contribution in [2.24, 2.45) is 0 Å². The number of benzene rings is 2. The predicted molar refractivity (Wildman–Crippen MR) is 110 cm³/mol. The first kappa shape index (κ1) is 22.0. The first-order chi connectivity index (χ1) is 12.9. The quantitative estimate of drug-likeness (QED) is 0.591. The highest BCUT2D eigenvalue weighted by Gasteiger charge is 2.24. The third-order valence-electron chi connectivity index (χ3n) is 3.99. The van der Waals surface area contributed by atoms with Gasteiger partial charge in [-0.3, -0.25) is 9.69 Å². The number of methoxy groups -OCH3 is 1. The first-order valence-electron chi connectivity index (χ1n) is 8.25. The zero-order chi connectivity index (χ0) is 19.6. The molecule has 1 aromatic heterocycles. The Balaban J connectivity index is 0.00000280. The zero-order valence-corrected chi connectivity index (χ0v) is 17.2. The summed E-state index contributed by atoms with van der Waals surface area (Å²) in [7, 11) is 5.34. The van der Waals surface area contributed by atoms with Crippen molar-refractivity contribution in [1.82, 2.24) is 9.88 Å². The van der Waals surface area contributed by atoms with Crippen LogP contribution in [-0.2, 0) is 0 Å². The van der Waals surface area contributed by atoms with E-state index >= 15 is 0 Å². The molecule has 5 nitrogen and oxygen atoms in total. The summed E-state index contributed by atoms with van der Waals surface area (Å²) in [6.45, 7) is 0.882. The molecule has 1 heterocycles. The van der Waals surface area contributed by atoms with Crippen molar-refractivity contribution in [3.8, 4) is 5.75 Å². The fourth-order valence-corrected chi connectivity index (χ4v) is 3.55. The SMILES string of the molecule is COc1ccc2nc(N(CCN(C)C)C(=O)c3ccc(F)cc3F)sc2c1.Cl. The number of fused-ring (bicyclic) bond motifs is 1. The molecule has 150 valence electrons. The molecule has 3 rings (SSSR count). The maximum atomic E-state index is 14.1. The van der Waals surface area contributed by atoms with Crippen LogP contribution in [0.4, 0.5) is 13.9 Å². The van der Waals surface area contributed by atoms with Crippen LogP contribution in [-0.4, -0.2) is 50.1 Å². The summed E-state index contributed by atoms with van der Waals surface area (Å²) < 4.78 is 33.4. The fraction of sp³-hybridized carbons (Fsp3) is 0.263. The topological polar surface area (TPSA) is 45.7 Å². The van der Waals surface area contributed by atoms with E-state index in [-0.39, 0.29) is 18.0 Å². The number of thiazole rings is 1. The molecule has 0 aliphatic carbocycles. The molecule has 0 N–H and O–H groups in total. The molecule has 9 heteroatoms. The lowest BCUT2D eigenvalue weighted by Gasteiger charge is -2.22. The Kier molecular flexibility index (Phi) is 7.29. The second kappa shape index (κ2) is 9.27. The van der Waals surface area contributed by atoms with E-state index in [0.717, 1.165) is 22.3 Å². The van der Waals surface area contributed by atoms with E-state index in [0.29, 0.717) is 30.0 Å². The Hall–Kier alpha value is -2.29. The Bertz CT molecular complexity index is 981. The molecule has 0 radical (unpaired) electrons. The monoisotopic (exact) mass is 427 g/mol. The summed E-state index contributed by atoms with van der Waals surface area (Å²) in [5, 5.41) is 0.453. The number of amides is 1. The molecule has 0 saturated carbocycles. The second-order valence-electron chi connectivity index (χ2n) is 6.21. The number of nitrogens with zero attached hydrogens (tertiary/aromatic N) is 3. The van der Waals surface area contributed by atoms with E-state index in [1.165, 1.54) is 16.2 Å². The number of anilines is 1. The maximum absolute atomic E-state index is 14.1. The Morgan fingerprint density at radius 1 is 1.14 bits per heavy atom. The zero-order valence-electron chi connectivity index (χ0n) is 15.6. The summed E-state index contributed by atoms with van der Waals surface area (Å²) in [4.78, 5) is 20.8. The van der Waals surface area contributed by atoms with E-state index in [9.17, 15) is 13.6 Å². The third kappa shape index (κ3) is 4.76. The molecule has 1 amide bonds. The molecule has 28 heavy (non-hydrogen) atoms. The van der Waals surface area contributed by atoms with Crippen molar-refractivity contribution in [3.05, 3.63) is 53.6 Å².